The van der Waals surface area contributed by atoms with E-state index in [1.165, 1.54) is 24.3 Å². The van der Waals surface area contributed by atoms with Crippen LogP contribution in [-0.2, 0) is 6.42 Å². The third-order valence-corrected chi connectivity index (χ3v) is 3.31. The van der Waals surface area contributed by atoms with Gasteiger partial charge in [-0.2, -0.15) is 22.0 Å². The van der Waals surface area contributed by atoms with Crippen molar-refractivity contribution in [3.63, 3.8) is 0 Å². The Kier molecular flexibility index (Phi) is 5.18. The zero-order valence-electron chi connectivity index (χ0n) is 10.3. The lowest BCUT2D eigenvalue weighted by atomic mass is 10.0. The Morgan fingerprint density at radius 3 is 2.00 bits per heavy atom. The zero-order valence-corrected chi connectivity index (χ0v) is 11.0. The molecule has 108 valence electrons. The molecule has 0 aliphatic carbocycles. The maximum atomic E-state index is 13.1. The van der Waals surface area contributed by atoms with Gasteiger partial charge in [0.1, 0.15) is 5.38 Å². The van der Waals surface area contributed by atoms with Crippen LogP contribution in [0.25, 0.3) is 0 Å². The fraction of sp³-hybridized carbons (Fsp3) is 0.538. The molecule has 0 aromatic heterocycles. The molecule has 1 unspecified atom stereocenters. The average Bonchev–Trinajstić information content (AvgIpc) is 2.34. The summed E-state index contributed by atoms with van der Waals surface area (Å²) in [6.07, 6.45) is -2.98. The molecule has 6 heteroatoms. The van der Waals surface area contributed by atoms with Gasteiger partial charge in [0, 0.05) is 0 Å². The van der Waals surface area contributed by atoms with Gasteiger partial charge in [-0.15, -0.1) is 11.6 Å². The molecular weight excluding hydrogens is 287 g/mol. The second-order valence-electron chi connectivity index (χ2n) is 4.33. The Balaban J connectivity index is 2.86. The van der Waals surface area contributed by atoms with Gasteiger partial charge in [-0.05, 0) is 24.0 Å². The predicted molar refractivity (Wildman–Crippen MR) is 64.7 cm³/mol. The Bertz CT molecular complexity index is 396. The third-order valence-electron chi connectivity index (χ3n) is 2.79. The van der Waals surface area contributed by atoms with E-state index < -0.39 is 17.5 Å². The first-order valence-electron chi connectivity index (χ1n) is 5.87. The Morgan fingerprint density at radius 1 is 1.05 bits per heavy atom. The van der Waals surface area contributed by atoms with E-state index in [0.717, 1.165) is 24.8 Å². The van der Waals surface area contributed by atoms with Gasteiger partial charge in [-0.3, -0.25) is 0 Å². The number of hydrogen-bond acceptors (Lipinski definition) is 0. The van der Waals surface area contributed by atoms with E-state index in [2.05, 4.69) is 0 Å². The van der Waals surface area contributed by atoms with Crippen LogP contribution in [0.2, 0.25) is 0 Å². The molecule has 1 rings (SSSR count). The van der Waals surface area contributed by atoms with Crippen LogP contribution in [0.3, 0.4) is 0 Å². The monoisotopic (exact) mass is 300 g/mol. The number of rotatable bonds is 5. The summed E-state index contributed by atoms with van der Waals surface area (Å²) in [6.45, 7) is 2.01. The minimum atomic E-state index is -5.65. The fourth-order valence-corrected chi connectivity index (χ4v) is 1.86. The van der Waals surface area contributed by atoms with Crippen molar-refractivity contribution in [1.29, 1.82) is 0 Å². The number of aryl methyl sites for hydroxylation is 1. The first-order chi connectivity index (χ1) is 8.70. The van der Waals surface area contributed by atoms with E-state index in [-0.39, 0.29) is 5.56 Å². The molecule has 0 spiro atoms. The lowest BCUT2D eigenvalue weighted by molar-refractivity contribution is -0.283. The van der Waals surface area contributed by atoms with Crippen LogP contribution in [0.15, 0.2) is 24.3 Å². The summed E-state index contributed by atoms with van der Waals surface area (Å²) in [4.78, 5) is 0. The van der Waals surface area contributed by atoms with Crippen molar-refractivity contribution in [2.24, 2.45) is 0 Å². The molecule has 0 nitrogen and oxygen atoms in total. The number of hydrogen-bond donors (Lipinski definition) is 0. The highest BCUT2D eigenvalue weighted by molar-refractivity contribution is 6.21. The van der Waals surface area contributed by atoms with E-state index in [4.69, 9.17) is 11.6 Å². The smallest absolute Gasteiger partial charge is 0.194 e. The summed E-state index contributed by atoms with van der Waals surface area (Å²) in [5, 5.41) is -2.41. The molecule has 0 radical (unpaired) electrons. The van der Waals surface area contributed by atoms with Crippen molar-refractivity contribution in [2.75, 3.05) is 0 Å². The van der Waals surface area contributed by atoms with Crippen LogP contribution >= 0.6 is 11.6 Å². The van der Waals surface area contributed by atoms with E-state index in [0.29, 0.717) is 0 Å². The molecule has 0 saturated heterocycles. The molecule has 0 fully saturated rings. The second-order valence-corrected chi connectivity index (χ2v) is 4.76. The van der Waals surface area contributed by atoms with Crippen LogP contribution in [-0.4, -0.2) is 12.1 Å². The highest BCUT2D eigenvalue weighted by Gasteiger charge is 2.62. The summed E-state index contributed by atoms with van der Waals surface area (Å²) in [5.41, 5.74) is 0.661. The van der Waals surface area contributed by atoms with Crippen LogP contribution < -0.4 is 0 Å². The molecule has 1 atom stereocenters. The van der Waals surface area contributed by atoms with Gasteiger partial charge < -0.3 is 0 Å². The number of benzene rings is 1. The minimum absolute atomic E-state index is 0.232. The lowest BCUT2D eigenvalue weighted by Crippen LogP contribution is -2.40. The maximum Gasteiger partial charge on any atom is 0.455 e. The molecule has 0 heterocycles. The SMILES string of the molecule is CCCCc1ccc(C(Cl)C(F)(F)C(F)(F)F)cc1. The molecule has 0 saturated carbocycles. The van der Waals surface area contributed by atoms with Crippen molar-refractivity contribution in [3.05, 3.63) is 35.4 Å². The minimum Gasteiger partial charge on any atom is -0.194 e. The van der Waals surface area contributed by atoms with Crippen molar-refractivity contribution in [2.45, 2.75) is 43.7 Å². The van der Waals surface area contributed by atoms with Gasteiger partial charge in [0.25, 0.3) is 0 Å². The standard InChI is InChI=1S/C13H14ClF5/c1-2-3-4-9-5-7-10(8-6-9)11(14)12(15,16)13(17,18)19/h5-8,11H,2-4H2,1H3. The van der Waals surface area contributed by atoms with Gasteiger partial charge in [0.2, 0.25) is 0 Å². The Hall–Kier alpha value is -0.840. The molecule has 0 N–H and O–H groups in total. The molecule has 0 aliphatic heterocycles. The Labute approximate surface area is 113 Å². The highest BCUT2D eigenvalue weighted by Crippen LogP contribution is 2.47. The molecule has 1 aromatic rings. The summed E-state index contributed by atoms with van der Waals surface area (Å²) in [5.74, 6) is -4.94. The van der Waals surface area contributed by atoms with E-state index in [1.54, 1.807) is 0 Å². The molecule has 19 heavy (non-hydrogen) atoms. The zero-order chi connectivity index (χ0) is 14.7. The maximum absolute atomic E-state index is 13.1. The largest absolute Gasteiger partial charge is 0.455 e. The lowest BCUT2D eigenvalue weighted by Gasteiger charge is -2.24. The second kappa shape index (κ2) is 6.07. The van der Waals surface area contributed by atoms with Crippen molar-refractivity contribution in [3.8, 4) is 0 Å². The first-order valence-corrected chi connectivity index (χ1v) is 6.31. The van der Waals surface area contributed by atoms with E-state index >= 15 is 0 Å². The van der Waals surface area contributed by atoms with Crippen molar-refractivity contribution in [1.82, 2.24) is 0 Å². The molecule has 0 bridgehead atoms. The van der Waals surface area contributed by atoms with Gasteiger partial charge in [-0.1, -0.05) is 37.6 Å². The summed E-state index contributed by atoms with van der Waals surface area (Å²) >= 11 is 5.27. The van der Waals surface area contributed by atoms with E-state index in [1.807, 2.05) is 6.92 Å². The van der Waals surface area contributed by atoms with Gasteiger partial charge in [0.15, 0.2) is 0 Å². The van der Waals surface area contributed by atoms with Gasteiger partial charge in [-0.25, -0.2) is 0 Å². The molecule has 0 aliphatic rings. The molecule has 0 amide bonds. The summed E-state index contributed by atoms with van der Waals surface area (Å²) in [7, 11) is 0. The first kappa shape index (κ1) is 16.2. The number of alkyl halides is 6. The molecular formula is C13H14ClF5. The molecule has 1 aromatic carbocycles. The average molecular weight is 301 g/mol. The Morgan fingerprint density at radius 2 is 1.58 bits per heavy atom. The summed E-state index contributed by atoms with van der Waals surface area (Å²) < 4.78 is 62.7. The normalized spacial score (nSPS) is 14.5. The highest BCUT2D eigenvalue weighted by atomic mass is 35.5. The number of unbranched alkanes of at least 4 members (excludes halogenated alkanes) is 1. The topological polar surface area (TPSA) is 0 Å². The van der Waals surface area contributed by atoms with Gasteiger partial charge in [0.05, 0.1) is 0 Å². The van der Waals surface area contributed by atoms with Crippen molar-refractivity contribution >= 4 is 11.6 Å². The van der Waals surface area contributed by atoms with Crippen LogP contribution in [0.5, 0.6) is 0 Å². The van der Waals surface area contributed by atoms with Gasteiger partial charge >= 0.3 is 12.1 Å². The van der Waals surface area contributed by atoms with Crippen LogP contribution in [0, 0.1) is 0 Å². The van der Waals surface area contributed by atoms with E-state index in [9.17, 15) is 22.0 Å². The van der Waals surface area contributed by atoms with Crippen LogP contribution in [0.4, 0.5) is 22.0 Å². The van der Waals surface area contributed by atoms with Crippen molar-refractivity contribution < 1.29 is 22.0 Å². The third kappa shape index (κ3) is 3.81. The summed E-state index contributed by atoms with van der Waals surface area (Å²) in [6, 6.07) is 5.52. The quantitative estimate of drug-likeness (QED) is 0.497. The predicted octanol–water partition coefficient (Wildman–Crippen LogP) is 5.51. The number of halogens is 6. The van der Waals surface area contributed by atoms with Crippen LogP contribution in [0.1, 0.15) is 36.3 Å². The fourth-order valence-electron chi connectivity index (χ4n) is 1.59.